The molecule has 0 saturated carbocycles. The lowest BCUT2D eigenvalue weighted by molar-refractivity contribution is 0.587. The van der Waals surface area contributed by atoms with Crippen molar-refractivity contribution >= 4 is 27.3 Å². The first-order valence-corrected chi connectivity index (χ1v) is 11.9. The first kappa shape index (κ1) is 22.3. The second-order valence-corrected chi connectivity index (χ2v) is 9.36. The van der Waals surface area contributed by atoms with Gasteiger partial charge in [0.25, 0.3) is 0 Å². The lowest BCUT2D eigenvalue weighted by Crippen LogP contribution is -2.38. The van der Waals surface area contributed by atoms with Crippen LogP contribution in [0.25, 0.3) is 0 Å². The quantitative estimate of drug-likeness (QED) is 0.402. The summed E-state index contributed by atoms with van der Waals surface area (Å²) in [6.07, 6.45) is 3.82. The first-order valence-electron chi connectivity index (χ1n) is 9.40. The van der Waals surface area contributed by atoms with Gasteiger partial charge < -0.3 is 10.6 Å². The van der Waals surface area contributed by atoms with Crippen LogP contribution in [-0.2, 0) is 35.2 Å². The third kappa shape index (κ3) is 7.57. The van der Waals surface area contributed by atoms with Crippen LogP contribution in [0.2, 0.25) is 0 Å². The predicted octanol–water partition coefficient (Wildman–Crippen LogP) is 2.05. The topological polar surface area (TPSA) is 95.5 Å². The van der Waals surface area contributed by atoms with Gasteiger partial charge in [-0.05, 0) is 31.5 Å². The number of sulfonamides is 1. The summed E-state index contributed by atoms with van der Waals surface area (Å²) in [5.41, 5.74) is 1.71. The van der Waals surface area contributed by atoms with Crippen molar-refractivity contribution in [3.8, 4) is 0 Å². The second-order valence-electron chi connectivity index (χ2n) is 6.23. The van der Waals surface area contributed by atoms with E-state index in [0.717, 1.165) is 48.0 Å². The van der Waals surface area contributed by atoms with Crippen molar-refractivity contribution in [1.82, 2.24) is 20.3 Å². The van der Waals surface area contributed by atoms with Crippen LogP contribution in [0.3, 0.4) is 0 Å². The van der Waals surface area contributed by atoms with Gasteiger partial charge in [0.1, 0.15) is 0 Å². The van der Waals surface area contributed by atoms with Crippen LogP contribution >= 0.6 is 11.3 Å². The number of nitrogens with zero attached hydrogens (tertiary/aromatic N) is 2. The maximum absolute atomic E-state index is 11.7. The summed E-state index contributed by atoms with van der Waals surface area (Å²) in [7, 11) is -1.86. The number of aromatic nitrogens is 1. The number of aliphatic imine (C=N–C) groups is 1. The number of hydrogen-bond donors (Lipinski definition) is 3. The van der Waals surface area contributed by atoms with E-state index in [-0.39, 0.29) is 5.75 Å². The molecule has 2 aromatic rings. The molecule has 0 unspecified atom stereocenters. The molecule has 0 aliphatic heterocycles. The Morgan fingerprint density at radius 2 is 2.00 bits per heavy atom. The minimum Gasteiger partial charge on any atom is -0.357 e. The fraction of sp³-hybridized carbons (Fsp3) is 0.474. The Labute approximate surface area is 171 Å². The van der Waals surface area contributed by atoms with Gasteiger partial charge in [-0.25, -0.2) is 23.1 Å². The van der Waals surface area contributed by atoms with E-state index in [4.69, 9.17) is 0 Å². The second kappa shape index (κ2) is 11.1. The van der Waals surface area contributed by atoms with E-state index in [0.29, 0.717) is 6.54 Å². The standard InChI is InChI=1S/C19H29N5O2S2/c1-4-17-13-23-18(27-17)9-10-22-19(21-5-2)24-12-15-7-6-8-16(11-15)14-28(25,26)20-3/h6-8,11,13,20H,4-5,9-10,12,14H2,1-3H3,(H2,21,22,24). The SMILES string of the molecule is CCNC(=NCc1cccc(CS(=O)(=O)NC)c1)NCCc1ncc(CC)s1. The Hall–Kier alpha value is -1.97. The Bertz CT molecular complexity index is 878. The fourth-order valence-electron chi connectivity index (χ4n) is 2.54. The Morgan fingerprint density at radius 1 is 1.21 bits per heavy atom. The molecule has 0 saturated heterocycles. The third-order valence-electron chi connectivity index (χ3n) is 4.00. The lowest BCUT2D eigenvalue weighted by atomic mass is 10.1. The van der Waals surface area contributed by atoms with Gasteiger partial charge in [0.2, 0.25) is 10.0 Å². The van der Waals surface area contributed by atoms with E-state index < -0.39 is 10.0 Å². The summed E-state index contributed by atoms with van der Waals surface area (Å²) in [4.78, 5) is 10.3. The van der Waals surface area contributed by atoms with Crippen LogP contribution in [0.15, 0.2) is 35.5 Å². The van der Waals surface area contributed by atoms with Crippen LogP contribution in [0, 0.1) is 0 Å². The molecule has 2 rings (SSSR count). The molecule has 154 valence electrons. The minimum absolute atomic E-state index is 0.0348. The Balaban J connectivity index is 1.94. The van der Waals surface area contributed by atoms with Gasteiger partial charge in [-0.1, -0.05) is 31.2 Å². The molecule has 0 atom stereocenters. The van der Waals surface area contributed by atoms with Crippen LogP contribution in [0.4, 0.5) is 0 Å². The van der Waals surface area contributed by atoms with Gasteiger partial charge >= 0.3 is 0 Å². The molecule has 3 N–H and O–H groups in total. The molecule has 0 aliphatic rings. The largest absolute Gasteiger partial charge is 0.357 e. The molecule has 0 aliphatic carbocycles. The number of nitrogens with one attached hydrogen (secondary N) is 3. The van der Waals surface area contributed by atoms with Crippen molar-refractivity contribution in [3.63, 3.8) is 0 Å². The van der Waals surface area contributed by atoms with Gasteiger partial charge in [0, 0.05) is 30.6 Å². The van der Waals surface area contributed by atoms with Crippen LogP contribution in [0.5, 0.6) is 0 Å². The third-order valence-corrected chi connectivity index (χ3v) is 6.54. The molecule has 0 spiro atoms. The highest BCUT2D eigenvalue weighted by Gasteiger charge is 2.09. The number of hydrogen-bond acceptors (Lipinski definition) is 5. The molecule has 1 heterocycles. The maximum Gasteiger partial charge on any atom is 0.215 e. The fourth-order valence-corrected chi connectivity index (χ4v) is 4.16. The monoisotopic (exact) mass is 423 g/mol. The summed E-state index contributed by atoms with van der Waals surface area (Å²) in [5, 5.41) is 7.69. The van der Waals surface area contributed by atoms with Gasteiger partial charge in [0.15, 0.2) is 5.96 Å². The summed E-state index contributed by atoms with van der Waals surface area (Å²) in [6, 6.07) is 7.50. The highest BCUT2D eigenvalue weighted by molar-refractivity contribution is 7.88. The Kier molecular flexibility index (Phi) is 8.88. The molecule has 9 heteroatoms. The van der Waals surface area contributed by atoms with Crippen LogP contribution < -0.4 is 15.4 Å². The number of aryl methyl sites for hydroxylation is 1. The zero-order valence-electron chi connectivity index (χ0n) is 16.7. The average Bonchev–Trinajstić information content (AvgIpc) is 3.14. The number of guanidine groups is 1. The van der Waals surface area contributed by atoms with Crippen LogP contribution in [-0.4, -0.2) is 39.5 Å². The maximum atomic E-state index is 11.7. The van der Waals surface area contributed by atoms with Crippen LogP contribution in [0.1, 0.15) is 34.9 Å². The van der Waals surface area contributed by atoms with E-state index in [9.17, 15) is 8.42 Å². The molecule has 7 nitrogen and oxygen atoms in total. The first-order chi connectivity index (χ1) is 13.5. The minimum atomic E-state index is -3.28. The predicted molar refractivity (Wildman–Crippen MR) is 116 cm³/mol. The average molecular weight is 424 g/mol. The molecule has 0 radical (unpaired) electrons. The summed E-state index contributed by atoms with van der Waals surface area (Å²) in [6.45, 7) is 6.15. The van der Waals surface area contributed by atoms with Crippen molar-refractivity contribution in [3.05, 3.63) is 51.5 Å². The molecule has 0 amide bonds. The van der Waals surface area contributed by atoms with E-state index >= 15 is 0 Å². The molecule has 0 bridgehead atoms. The number of benzene rings is 1. The van der Waals surface area contributed by atoms with Crippen molar-refractivity contribution in [1.29, 1.82) is 0 Å². The van der Waals surface area contributed by atoms with E-state index in [2.05, 4.69) is 32.3 Å². The number of rotatable bonds is 10. The molecule has 0 fully saturated rings. The number of thiazole rings is 1. The van der Waals surface area contributed by atoms with Gasteiger partial charge in [-0.2, -0.15) is 0 Å². The summed E-state index contributed by atoms with van der Waals surface area (Å²) >= 11 is 1.75. The van der Waals surface area contributed by atoms with Crippen molar-refractivity contribution in [2.24, 2.45) is 4.99 Å². The van der Waals surface area contributed by atoms with E-state index in [1.165, 1.54) is 11.9 Å². The van der Waals surface area contributed by atoms with Gasteiger partial charge in [-0.3, -0.25) is 0 Å². The smallest absolute Gasteiger partial charge is 0.215 e. The van der Waals surface area contributed by atoms with E-state index in [1.54, 1.807) is 11.3 Å². The zero-order chi connectivity index (χ0) is 20.4. The summed E-state index contributed by atoms with van der Waals surface area (Å²) < 4.78 is 25.8. The summed E-state index contributed by atoms with van der Waals surface area (Å²) in [5.74, 6) is 0.704. The highest BCUT2D eigenvalue weighted by Crippen LogP contribution is 2.13. The van der Waals surface area contributed by atoms with Crippen molar-refractivity contribution in [2.45, 2.75) is 39.0 Å². The molecule has 1 aromatic carbocycles. The molecular formula is C19H29N5O2S2. The highest BCUT2D eigenvalue weighted by atomic mass is 32.2. The van der Waals surface area contributed by atoms with Gasteiger partial charge in [-0.15, -0.1) is 11.3 Å². The molecule has 1 aromatic heterocycles. The van der Waals surface area contributed by atoms with Crippen molar-refractivity contribution in [2.75, 3.05) is 20.1 Å². The Morgan fingerprint density at radius 3 is 2.68 bits per heavy atom. The van der Waals surface area contributed by atoms with E-state index in [1.807, 2.05) is 37.4 Å². The molecular weight excluding hydrogens is 394 g/mol. The normalized spacial score (nSPS) is 12.2. The van der Waals surface area contributed by atoms with Crippen molar-refractivity contribution < 1.29 is 8.42 Å². The van der Waals surface area contributed by atoms with Gasteiger partial charge in [0.05, 0.1) is 17.3 Å². The zero-order valence-corrected chi connectivity index (χ0v) is 18.3. The lowest BCUT2D eigenvalue weighted by Gasteiger charge is -2.11. The molecule has 28 heavy (non-hydrogen) atoms.